The van der Waals surface area contributed by atoms with Crippen molar-refractivity contribution in [3.8, 4) is 5.75 Å². The highest BCUT2D eigenvalue weighted by Gasteiger charge is 2.27. The van der Waals surface area contributed by atoms with Crippen LogP contribution in [0.25, 0.3) is 0 Å². The predicted octanol–water partition coefficient (Wildman–Crippen LogP) is 0.569. The summed E-state index contributed by atoms with van der Waals surface area (Å²) < 4.78 is 0. The third kappa shape index (κ3) is 4.94. The molecule has 2 amide bonds. The minimum Gasteiger partial charge on any atom is -0.406 e. The quantitative estimate of drug-likeness (QED) is 0.318. The number of aryl methyl sites for hydroxylation is 1. The number of hydrogen-bond acceptors (Lipinski definition) is 6. The van der Waals surface area contributed by atoms with Gasteiger partial charge in [-0.15, -0.1) is 5.48 Å². The Morgan fingerprint density at radius 3 is 2.83 bits per heavy atom. The van der Waals surface area contributed by atoms with Crippen molar-refractivity contribution in [2.75, 3.05) is 26.0 Å². The maximum absolute atomic E-state index is 11.7. The Bertz CT molecular complexity index is 562. The van der Waals surface area contributed by atoms with Crippen LogP contribution in [0.4, 0.5) is 5.69 Å². The monoisotopic (exact) mass is 320 g/mol. The van der Waals surface area contributed by atoms with Crippen LogP contribution in [0, 0.1) is 0 Å². The molecule has 0 bridgehead atoms. The third-order valence-corrected chi connectivity index (χ3v) is 3.76. The van der Waals surface area contributed by atoms with E-state index in [2.05, 4.69) is 21.4 Å². The first-order valence-electron chi connectivity index (χ1n) is 7.85. The SMILES string of the molecule is CNCCCc1ccc(ONC2CCC(=O)NC2=O)c(NC)c1. The van der Waals surface area contributed by atoms with Crippen LogP contribution in [0.1, 0.15) is 24.8 Å². The van der Waals surface area contributed by atoms with Gasteiger partial charge in [0.25, 0.3) is 0 Å². The van der Waals surface area contributed by atoms with Gasteiger partial charge in [-0.3, -0.25) is 14.9 Å². The molecule has 1 unspecified atom stereocenters. The highest BCUT2D eigenvalue weighted by molar-refractivity contribution is 6.00. The molecule has 1 saturated heterocycles. The van der Waals surface area contributed by atoms with Crippen LogP contribution >= 0.6 is 0 Å². The number of anilines is 1. The van der Waals surface area contributed by atoms with Gasteiger partial charge in [0.05, 0.1) is 5.69 Å². The minimum atomic E-state index is -0.521. The second kappa shape index (κ2) is 8.50. The van der Waals surface area contributed by atoms with Gasteiger partial charge in [-0.1, -0.05) is 6.07 Å². The molecule has 0 saturated carbocycles. The van der Waals surface area contributed by atoms with Crippen LogP contribution < -0.4 is 26.3 Å². The first-order chi connectivity index (χ1) is 11.1. The van der Waals surface area contributed by atoms with Crippen LogP contribution in [0.3, 0.4) is 0 Å². The summed E-state index contributed by atoms with van der Waals surface area (Å²) in [6.07, 6.45) is 2.79. The molecule has 1 heterocycles. The van der Waals surface area contributed by atoms with Gasteiger partial charge in [0.1, 0.15) is 6.04 Å². The largest absolute Gasteiger partial charge is 0.406 e. The molecule has 23 heavy (non-hydrogen) atoms. The second-order valence-electron chi connectivity index (χ2n) is 5.51. The zero-order valence-corrected chi connectivity index (χ0v) is 13.6. The van der Waals surface area contributed by atoms with Gasteiger partial charge in [0.15, 0.2) is 5.75 Å². The molecule has 7 heteroatoms. The summed E-state index contributed by atoms with van der Waals surface area (Å²) in [4.78, 5) is 28.4. The lowest BCUT2D eigenvalue weighted by atomic mass is 10.1. The Morgan fingerprint density at radius 2 is 2.13 bits per heavy atom. The number of amides is 2. The van der Waals surface area contributed by atoms with Gasteiger partial charge >= 0.3 is 0 Å². The van der Waals surface area contributed by atoms with Gasteiger partial charge in [-0.05, 0) is 50.6 Å². The lowest BCUT2D eigenvalue weighted by Gasteiger charge is -2.22. The number of benzene rings is 1. The maximum Gasteiger partial charge on any atom is 0.247 e. The van der Waals surface area contributed by atoms with E-state index in [-0.39, 0.29) is 11.8 Å². The van der Waals surface area contributed by atoms with Crippen LogP contribution in [0.15, 0.2) is 18.2 Å². The number of carbonyl (C=O) groups is 2. The van der Waals surface area contributed by atoms with Crippen molar-refractivity contribution >= 4 is 17.5 Å². The molecule has 1 aliphatic heterocycles. The normalized spacial score (nSPS) is 17.7. The predicted molar refractivity (Wildman–Crippen MR) is 88.2 cm³/mol. The van der Waals surface area contributed by atoms with E-state index in [0.717, 1.165) is 25.1 Å². The molecule has 4 N–H and O–H groups in total. The number of hydrogen-bond donors (Lipinski definition) is 4. The molecule has 0 aromatic heterocycles. The Balaban J connectivity index is 1.94. The van der Waals surface area contributed by atoms with Crippen molar-refractivity contribution in [3.05, 3.63) is 23.8 Å². The van der Waals surface area contributed by atoms with Crippen LogP contribution in [-0.4, -0.2) is 38.5 Å². The Labute approximate surface area is 136 Å². The highest BCUT2D eigenvalue weighted by atomic mass is 16.6. The summed E-state index contributed by atoms with van der Waals surface area (Å²) in [5, 5.41) is 8.52. The smallest absolute Gasteiger partial charge is 0.247 e. The van der Waals surface area contributed by atoms with E-state index in [1.54, 1.807) is 0 Å². The molecule has 126 valence electrons. The number of carbonyl (C=O) groups excluding carboxylic acids is 2. The van der Waals surface area contributed by atoms with Gasteiger partial charge in [-0.2, -0.15) is 0 Å². The highest BCUT2D eigenvalue weighted by Crippen LogP contribution is 2.25. The summed E-state index contributed by atoms with van der Waals surface area (Å²) in [6.45, 7) is 0.976. The molecule has 1 aliphatic rings. The van der Waals surface area contributed by atoms with Crippen molar-refractivity contribution < 1.29 is 14.4 Å². The zero-order valence-electron chi connectivity index (χ0n) is 13.6. The first kappa shape index (κ1) is 17.2. The molecule has 0 aliphatic carbocycles. The van der Waals surface area contributed by atoms with E-state index >= 15 is 0 Å². The zero-order chi connectivity index (χ0) is 16.7. The summed E-state index contributed by atoms with van der Waals surface area (Å²) in [6, 6.07) is 5.40. The number of rotatable bonds is 8. The Morgan fingerprint density at radius 1 is 1.30 bits per heavy atom. The van der Waals surface area contributed by atoms with E-state index in [1.807, 2.05) is 32.3 Å². The van der Waals surface area contributed by atoms with Gasteiger partial charge in [0, 0.05) is 13.5 Å². The van der Waals surface area contributed by atoms with Crippen molar-refractivity contribution in [2.24, 2.45) is 0 Å². The molecule has 0 spiro atoms. The number of nitrogens with one attached hydrogen (secondary N) is 4. The molecule has 1 atom stereocenters. The fraction of sp³-hybridized carbons (Fsp3) is 0.500. The third-order valence-electron chi connectivity index (χ3n) is 3.76. The first-order valence-corrected chi connectivity index (χ1v) is 7.85. The lowest BCUT2D eigenvalue weighted by Crippen LogP contribution is -2.51. The fourth-order valence-corrected chi connectivity index (χ4v) is 2.43. The van der Waals surface area contributed by atoms with E-state index in [4.69, 9.17) is 4.84 Å². The molecule has 1 aromatic rings. The molecule has 1 fully saturated rings. The van der Waals surface area contributed by atoms with E-state index in [0.29, 0.717) is 18.6 Å². The van der Waals surface area contributed by atoms with E-state index in [9.17, 15) is 9.59 Å². The summed E-state index contributed by atoms with van der Waals surface area (Å²) in [5.41, 5.74) is 4.81. The topological polar surface area (TPSA) is 91.5 Å². The summed E-state index contributed by atoms with van der Waals surface area (Å²) in [7, 11) is 3.77. The fourth-order valence-electron chi connectivity index (χ4n) is 2.43. The molecule has 7 nitrogen and oxygen atoms in total. The van der Waals surface area contributed by atoms with Gasteiger partial charge < -0.3 is 15.5 Å². The standard InChI is InChI=1S/C16H24N4O3/c1-17-9-3-4-11-5-7-14(13(10-11)18-2)23-20-12-6-8-15(21)19-16(12)22/h5,7,10,12,17-18,20H,3-4,6,8-9H2,1-2H3,(H,19,21,22). The maximum atomic E-state index is 11.7. The van der Waals surface area contributed by atoms with Gasteiger partial charge in [-0.25, -0.2) is 0 Å². The second-order valence-corrected chi connectivity index (χ2v) is 5.51. The number of imide groups is 1. The van der Waals surface area contributed by atoms with Crippen molar-refractivity contribution in [2.45, 2.75) is 31.7 Å². The average Bonchev–Trinajstić information content (AvgIpc) is 2.55. The van der Waals surface area contributed by atoms with Crippen molar-refractivity contribution in [3.63, 3.8) is 0 Å². The average molecular weight is 320 g/mol. The molecular formula is C16H24N4O3. The Hall–Kier alpha value is -2.12. The number of piperidine rings is 1. The van der Waals surface area contributed by atoms with Crippen LogP contribution in [-0.2, 0) is 16.0 Å². The molecule has 2 rings (SSSR count). The minimum absolute atomic E-state index is 0.241. The molecule has 1 aromatic carbocycles. The molecular weight excluding hydrogens is 296 g/mol. The van der Waals surface area contributed by atoms with Crippen molar-refractivity contribution in [1.82, 2.24) is 16.1 Å². The van der Waals surface area contributed by atoms with Crippen molar-refractivity contribution in [1.29, 1.82) is 0 Å². The Kier molecular flexibility index (Phi) is 6.37. The summed E-state index contributed by atoms with van der Waals surface area (Å²) in [5.74, 6) is 0.0281. The molecule has 0 radical (unpaired) electrons. The van der Waals surface area contributed by atoms with Gasteiger partial charge in [0.2, 0.25) is 11.8 Å². The van der Waals surface area contributed by atoms with Crippen LogP contribution in [0.5, 0.6) is 5.75 Å². The lowest BCUT2D eigenvalue weighted by molar-refractivity contribution is -0.136. The van der Waals surface area contributed by atoms with E-state index < -0.39 is 6.04 Å². The van der Waals surface area contributed by atoms with E-state index in [1.165, 1.54) is 5.56 Å². The van der Waals surface area contributed by atoms with Crippen LogP contribution in [0.2, 0.25) is 0 Å². The number of hydroxylamine groups is 1. The summed E-state index contributed by atoms with van der Waals surface area (Å²) >= 11 is 0.